The zero-order valence-electron chi connectivity index (χ0n) is 17.1. The number of hydrogen-bond acceptors (Lipinski definition) is 4. The molecule has 0 radical (unpaired) electrons. The van der Waals surface area contributed by atoms with Crippen LogP contribution in [0.1, 0.15) is 31.4 Å². The average molecular weight is 404 g/mol. The Bertz CT molecular complexity index is 1170. The number of rotatable bonds is 4. The average Bonchev–Trinajstić information content (AvgIpc) is 2.72. The number of benzene rings is 2. The van der Waals surface area contributed by atoms with E-state index in [1.807, 2.05) is 38.1 Å². The molecule has 1 N–H and O–H groups in total. The van der Waals surface area contributed by atoms with Crippen LogP contribution in [0.25, 0.3) is 11.0 Å². The predicted molar refractivity (Wildman–Crippen MR) is 115 cm³/mol. The molecule has 0 spiro atoms. The van der Waals surface area contributed by atoms with Crippen molar-refractivity contribution in [3.05, 3.63) is 76.1 Å². The predicted octanol–water partition coefficient (Wildman–Crippen LogP) is 3.73. The molecule has 1 aliphatic heterocycles. The van der Waals surface area contributed by atoms with Crippen LogP contribution in [-0.2, 0) is 22.6 Å². The van der Waals surface area contributed by atoms with Crippen molar-refractivity contribution in [3.8, 4) is 0 Å². The lowest BCUT2D eigenvalue weighted by Gasteiger charge is -2.36. The second kappa shape index (κ2) is 8.14. The molecule has 1 aliphatic rings. The Morgan fingerprint density at radius 1 is 1.10 bits per heavy atom. The molecule has 0 saturated carbocycles. The summed E-state index contributed by atoms with van der Waals surface area (Å²) in [5, 5.41) is 3.65. The second-order valence-electron chi connectivity index (χ2n) is 8.10. The lowest BCUT2D eigenvalue weighted by molar-refractivity contribution is -0.140. The molecule has 0 aliphatic carbocycles. The van der Waals surface area contributed by atoms with E-state index < -0.39 is 11.7 Å². The Kier molecular flexibility index (Phi) is 5.40. The fraction of sp³-hybridized carbons (Fsp3) is 0.292. The zero-order valence-corrected chi connectivity index (χ0v) is 17.1. The highest BCUT2D eigenvalue weighted by atomic mass is 16.4. The van der Waals surface area contributed by atoms with E-state index in [-0.39, 0.29) is 17.7 Å². The number of nitrogens with zero attached hydrogens (tertiary/aromatic N) is 1. The summed E-state index contributed by atoms with van der Waals surface area (Å²) >= 11 is 0. The van der Waals surface area contributed by atoms with Crippen LogP contribution in [0.3, 0.4) is 0 Å². The van der Waals surface area contributed by atoms with E-state index in [9.17, 15) is 14.4 Å². The van der Waals surface area contributed by atoms with Gasteiger partial charge in [0.25, 0.3) is 0 Å². The van der Waals surface area contributed by atoms with Crippen LogP contribution in [0.5, 0.6) is 0 Å². The van der Waals surface area contributed by atoms with Crippen LogP contribution in [0.15, 0.2) is 63.8 Å². The molecule has 0 bridgehead atoms. The summed E-state index contributed by atoms with van der Waals surface area (Å²) in [6, 6.07) is 15.5. The summed E-state index contributed by atoms with van der Waals surface area (Å²) in [6.07, 6.45) is 0.884. The van der Waals surface area contributed by atoms with E-state index in [1.165, 1.54) is 6.07 Å². The molecule has 1 atom stereocenters. The molecule has 6 nitrogen and oxygen atoms in total. The monoisotopic (exact) mass is 404 g/mol. The molecule has 4 rings (SSSR count). The first-order valence-corrected chi connectivity index (χ1v) is 10.1. The van der Waals surface area contributed by atoms with Crippen molar-refractivity contribution in [2.45, 2.75) is 39.3 Å². The van der Waals surface area contributed by atoms with Crippen molar-refractivity contribution in [3.63, 3.8) is 0 Å². The molecule has 0 fully saturated rings. The van der Waals surface area contributed by atoms with Gasteiger partial charge in [0.05, 0.1) is 0 Å². The molecule has 0 saturated heterocycles. The summed E-state index contributed by atoms with van der Waals surface area (Å²) in [7, 11) is 0. The van der Waals surface area contributed by atoms with Crippen molar-refractivity contribution in [2.24, 2.45) is 5.92 Å². The summed E-state index contributed by atoms with van der Waals surface area (Å²) in [6.45, 7) is 4.43. The highest BCUT2D eigenvalue weighted by Gasteiger charge is 2.34. The van der Waals surface area contributed by atoms with Gasteiger partial charge in [0.15, 0.2) is 0 Å². The highest BCUT2D eigenvalue weighted by molar-refractivity contribution is 5.99. The smallest absolute Gasteiger partial charge is 0.336 e. The summed E-state index contributed by atoms with van der Waals surface area (Å²) in [5.41, 5.74) is 2.81. The number of anilines is 1. The molecule has 2 heterocycles. The first-order valence-electron chi connectivity index (χ1n) is 10.1. The van der Waals surface area contributed by atoms with Gasteiger partial charge in [0.2, 0.25) is 11.8 Å². The van der Waals surface area contributed by atoms with Gasteiger partial charge in [-0.15, -0.1) is 0 Å². The molecule has 1 aromatic heterocycles. The SMILES string of the molecule is CC(C)CC(=O)N1Cc2ccccc2CC1C(=O)Nc1ccc2oc(=O)ccc2c1. The summed E-state index contributed by atoms with van der Waals surface area (Å²) < 4.78 is 5.14. The van der Waals surface area contributed by atoms with Gasteiger partial charge in [-0.25, -0.2) is 4.79 Å². The number of nitrogens with one attached hydrogen (secondary N) is 1. The molecule has 6 heteroatoms. The molecule has 154 valence electrons. The molecule has 2 amide bonds. The van der Waals surface area contributed by atoms with Crippen molar-refractivity contribution in [1.82, 2.24) is 4.90 Å². The Morgan fingerprint density at radius 3 is 2.63 bits per heavy atom. The van der Waals surface area contributed by atoms with E-state index in [4.69, 9.17) is 4.42 Å². The van der Waals surface area contributed by atoms with Gasteiger partial charge in [-0.1, -0.05) is 38.1 Å². The van der Waals surface area contributed by atoms with Crippen molar-refractivity contribution in [1.29, 1.82) is 0 Å². The normalized spacial score (nSPS) is 15.8. The van der Waals surface area contributed by atoms with Crippen molar-refractivity contribution < 1.29 is 14.0 Å². The Balaban J connectivity index is 1.60. The second-order valence-corrected chi connectivity index (χ2v) is 8.10. The third-order valence-electron chi connectivity index (χ3n) is 5.34. The molecule has 1 unspecified atom stereocenters. The van der Waals surface area contributed by atoms with Gasteiger partial charge in [-0.05, 0) is 41.3 Å². The maximum atomic E-state index is 13.2. The maximum absolute atomic E-state index is 13.2. The van der Waals surface area contributed by atoms with Crippen LogP contribution in [0.2, 0.25) is 0 Å². The number of fused-ring (bicyclic) bond motifs is 2. The quantitative estimate of drug-likeness (QED) is 0.672. The largest absolute Gasteiger partial charge is 0.423 e. The minimum atomic E-state index is -0.574. The fourth-order valence-electron chi connectivity index (χ4n) is 3.86. The van der Waals surface area contributed by atoms with E-state index >= 15 is 0 Å². The Morgan fingerprint density at radius 2 is 1.87 bits per heavy atom. The van der Waals surface area contributed by atoms with Gasteiger partial charge in [0, 0.05) is 36.5 Å². The van der Waals surface area contributed by atoms with Crippen LogP contribution in [0, 0.1) is 5.92 Å². The van der Waals surface area contributed by atoms with Gasteiger partial charge < -0.3 is 14.6 Å². The van der Waals surface area contributed by atoms with Gasteiger partial charge in [-0.2, -0.15) is 0 Å². The Hall–Kier alpha value is -3.41. The van der Waals surface area contributed by atoms with E-state index in [2.05, 4.69) is 5.32 Å². The van der Waals surface area contributed by atoms with Gasteiger partial charge in [0.1, 0.15) is 11.6 Å². The topological polar surface area (TPSA) is 79.6 Å². The standard InChI is InChI=1S/C24H24N2O4/c1-15(2)11-22(27)26-14-18-6-4-3-5-16(18)13-20(26)24(29)25-19-8-9-21-17(12-19)7-10-23(28)30-21/h3-10,12,15,20H,11,13-14H2,1-2H3,(H,25,29). The third-order valence-corrected chi connectivity index (χ3v) is 5.34. The zero-order chi connectivity index (χ0) is 21.3. The number of carbonyl (C=O) groups excluding carboxylic acids is 2. The van der Waals surface area contributed by atoms with E-state index in [0.29, 0.717) is 36.0 Å². The minimum absolute atomic E-state index is 0.0139. The third kappa shape index (κ3) is 4.13. The van der Waals surface area contributed by atoms with Crippen LogP contribution < -0.4 is 10.9 Å². The molecular formula is C24H24N2O4. The van der Waals surface area contributed by atoms with Crippen molar-refractivity contribution >= 4 is 28.5 Å². The first-order chi connectivity index (χ1) is 14.4. The molecule has 30 heavy (non-hydrogen) atoms. The van der Waals surface area contributed by atoms with Crippen LogP contribution >= 0.6 is 0 Å². The van der Waals surface area contributed by atoms with Gasteiger partial charge >= 0.3 is 5.63 Å². The molecule has 3 aromatic rings. The summed E-state index contributed by atoms with van der Waals surface area (Å²) in [4.78, 5) is 39.1. The van der Waals surface area contributed by atoms with E-state index in [1.54, 1.807) is 29.2 Å². The number of amides is 2. The van der Waals surface area contributed by atoms with Crippen LogP contribution in [-0.4, -0.2) is 22.8 Å². The maximum Gasteiger partial charge on any atom is 0.336 e. The van der Waals surface area contributed by atoms with Crippen molar-refractivity contribution in [2.75, 3.05) is 5.32 Å². The minimum Gasteiger partial charge on any atom is -0.423 e. The highest BCUT2D eigenvalue weighted by Crippen LogP contribution is 2.26. The number of carbonyl (C=O) groups is 2. The lowest BCUT2D eigenvalue weighted by atomic mass is 9.92. The molecule has 2 aromatic carbocycles. The Labute approximate surface area is 174 Å². The summed E-state index contributed by atoms with van der Waals surface area (Å²) in [5.74, 6) is -0.0215. The van der Waals surface area contributed by atoms with E-state index in [0.717, 1.165) is 11.1 Å². The van der Waals surface area contributed by atoms with Gasteiger partial charge in [-0.3, -0.25) is 9.59 Å². The lowest BCUT2D eigenvalue weighted by Crippen LogP contribution is -2.50. The molecular weight excluding hydrogens is 380 g/mol. The number of hydrogen-bond donors (Lipinski definition) is 1. The fourth-order valence-corrected chi connectivity index (χ4v) is 3.86. The van der Waals surface area contributed by atoms with Crippen LogP contribution in [0.4, 0.5) is 5.69 Å². The first kappa shape index (κ1) is 19.9.